The number of benzene rings is 1. The number of nitrogens with zero attached hydrogens (tertiary/aromatic N) is 1. The molecule has 2 heterocycles. The van der Waals surface area contributed by atoms with Gasteiger partial charge in [-0.3, -0.25) is 0 Å². The van der Waals surface area contributed by atoms with E-state index in [9.17, 15) is 5.11 Å². The number of halogens is 2. The van der Waals surface area contributed by atoms with E-state index < -0.39 is 0 Å². The molecule has 0 amide bonds. The van der Waals surface area contributed by atoms with Crippen LogP contribution < -0.4 is 10.6 Å². The molecule has 1 aliphatic heterocycles. The van der Waals surface area contributed by atoms with Crippen molar-refractivity contribution in [1.82, 2.24) is 20.6 Å². The molecule has 1 aromatic heterocycles. The number of hydrogen-bond acceptors (Lipinski definition) is 4. The summed E-state index contributed by atoms with van der Waals surface area (Å²) in [6.45, 7) is 3.04. The summed E-state index contributed by atoms with van der Waals surface area (Å²) >= 11 is 3.43. The van der Waals surface area contributed by atoms with Gasteiger partial charge in [-0.2, -0.15) is 0 Å². The lowest BCUT2D eigenvalue weighted by molar-refractivity contribution is 0.146. The highest BCUT2D eigenvalue weighted by Crippen LogP contribution is 2.19. The predicted molar refractivity (Wildman–Crippen MR) is 93.0 cm³/mol. The van der Waals surface area contributed by atoms with Crippen LogP contribution in [0.3, 0.4) is 0 Å². The molecule has 0 aliphatic carbocycles. The van der Waals surface area contributed by atoms with Crippen molar-refractivity contribution >= 4 is 28.3 Å². The standard InChI is InChI=1S/C15H19BrN4O.ClH/c16-12-3-1-10(2-4-12)13-7-19-15(20-13)9-18-6-11-5-17-8-14(11)21;/h1-4,7,11,14,17-18,21H,5-6,8-9H2,(H,19,20);1H. The van der Waals surface area contributed by atoms with E-state index in [2.05, 4.69) is 48.7 Å². The fraction of sp³-hybridized carbons (Fsp3) is 0.400. The number of aliphatic hydroxyl groups is 1. The molecule has 7 heteroatoms. The first-order valence-corrected chi connectivity index (χ1v) is 7.91. The molecule has 0 radical (unpaired) electrons. The average Bonchev–Trinajstić information content (AvgIpc) is 3.10. The van der Waals surface area contributed by atoms with Crippen LogP contribution in [0.4, 0.5) is 0 Å². The second-order valence-electron chi connectivity index (χ2n) is 5.37. The van der Waals surface area contributed by atoms with Crippen LogP contribution in [0.2, 0.25) is 0 Å². The Morgan fingerprint density at radius 3 is 2.73 bits per heavy atom. The first-order valence-electron chi connectivity index (χ1n) is 7.11. The minimum Gasteiger partial charge on any atom is -0.391 e. The van der Waals surface area contributed by atoms with Crippen LogP contribution in [0.5, 0.6) is 0 Å². The molecular formula is C15H20BrClN4O. The number of β-amino-alcohol motifs (C(OH)–C–C–N with tert-alkyl or cyclic N) is 1. The predicted octanol–water partition coefficient (Wildman–Crippen LogP) is 1.93. The Balaban J connectivity index is 0.00000176. The molecule has 22 heavy (non-hydrogen) atoms. The molecule has 120 valence electrons. The largest absolute Gasteiger partial charge is 0.391 e. The highest BCUT2D eigenvalue weighted by atomic mass is 79.9. The van der Waals surface area contributed by atoms with Crippen molar-refractivity contribution in [3.63, 3.8) is 0 Å². The van der Waals surface area contributed by atoms with Crippen molar-refractivity contribution in [2.75, 3.05) is 19.6 Å². The number of imidazole rings is 1. The molecule has 0 spiro atoms. The number of H-pyrrole nitrogens is 1. The molecule has 2 aromatic rings. The maximum atomic E-state index is 9.73. The van der Waals surface area contributed by atoms with Gasteiger partial charge < -0.3 is 20.7 Å². The minimum atomic E-state index is -0.243. The second-order valence-corrected chi connectivity index (χ2v) is 6.28. The highest BCUT2D eigenvalue weighted by Gasteiger charge is 2.24. The summed E-state index contributed by atoms with van der Waals surface area (Å²) in [5, 5.41) is 16.3. The van der Waals surface area contributed by atoms with Gasteiger partial charge in [-0.25, -0.2) is 4.98 Å². The Hall–Kier alpha value is -0.920. The lowest BCUT2D eigenvalue weighted by Crippen LogP contribution is -2.30. The molecule has 1 fully saturated rings. The Morgan fingerprint density at radius 1 is 1.27 bits per heavy atom. The van der Waals surface area contributed by atoms with Gasteiger partial charge in [0.05, 0.1) is 24.5 Å². The Kier molecular flexibility index (Phi) is 6.40. The molecule has 4 N–H and O–H groups in total. The summed E-state index contributed by atoms with van der Waals surface area (Å²) in [5.74, 6) is 1.19. The van der Waals surface area contributed by atoms with Gasteiger partial charge in [0.2, 0.25) is 0 Å². The smallest absolute Gasteiger partial charge is 0.120 e. The molecular weight excluding hydrogens is 368 g/mol. The lowest BCUT2D eigenvalue weighted by atomic mass is 10.1. The molecule has 0 saturated carbocycles. The number of aromatic amines is 1. The fourth-order valence-corrected chi connectivity index (χ4v) is 2.80. The van der Waals surface area contributed by atoms with Crippen LogP contribution in [0.25, 0.3) is 11.3 Å². The zero-order valence-corrected chi connectivity index (χ0v) is 14.5. The van der Waals surface area contributed by atoms with Crippen molar-refractivity contribution in [3.05, 3.63) is 40.8 Å². The zero-order valence-electron chi connectivity index (χ0n) is 12.1. The number of aromatic nitrogens is 2. The SMILES string of the molecule is Cl.OC1CNCC1CNCc1ncc(-c2ccc(Br)cc2)[nH]1. The van der Waals surface area contributed by atoms with Gasteiger partial charge in [-0.05, 0) is 17.7 Å². The van der Waals surface area contributed by atoms with Gasteiger partial charge in [-0.15, -0.1) is 12.4 Å². The summed E-state index contributed by atoms with van der Waals surface area (Å²) in [7, 11) is 0. The van der Waals surface area contributed by atoms with Crippen molar-refractivity contribution in [2.24, 2.45) is 5.92 Å². The van der Waals surface area contributed by atoms with E-state index >= 15 is 0 Å². The van der Waals surface area contributed by atoms with E-state index in [1.165, 1.54) is 0 Å². The van der Waals surface area contributed by atoms with E-state index in [1.54, 1.807) is 0 Å². The van der Waals surface area contributed by atoms with Crippen LogP contribution in [-0.2, 0) is 6.54 Å². The van der Waals surface area contributed by atoms with Gasteiger partial charge in [0, 0.05) is 30.0 Å². The molecule has 3 rings (SSSR count). The van der Waals surface area contributed by atoms with E-state index in [-0.39, 0.29) is 24.4 Å². The molecule has 0 bridgehead atoms. The van der Waals surface area contributed by atoms with Crippen molar-refractivity contribution < 1.29 is 5.11 Å². The average molecular weight is 388 g/mol. The molecule has 1 aliphatic rings. The summed E-state index contributed by atoms with van der Waals surface area (Å²) < 4.78 is 1.07. The molecule has 2 atom stereocenters. The van der Waals surface area contributed by atoms with Gasteiger partial charge in [-0.1, -0.05) is 28.1 Å². The van der Waals surface area contributed by atoms with Crippen molar-refractivity contribution in [3.8, 4) is 11.3 Å². The number of rotatable bonds is 5. The second kappa shape index (κ2) is 8.08. The van der Waals surface area contributed by atoms with Gasteiger partial charge in [0.1, 0.15) is 5.82 Å². The molecule has 2 unspecified atom stereocenters. The Morgan fingerprint density at radius 2 is 2.05 bits per heavy atom. The van der Waals surface area contributed by atoms with Gasteiger partial charge in [0.15, 0.2) is 0 Å². The Labute approximate surface area is 144 Å². The van der Waals surface area contributed by atoms with E-state index in [0.717, 1.165) is 34.6 Å². The third-order valence-electron chi connectivity index (χ3n) is 3.79. The number of nitrogens with one attached hydrogen (secondary N) is 3. The normalized spacial score (nSPS) is 20.8. The van der Waals surface area contributed by atoms with Crippen LogP contribution in [0.15, 0.2) is 34.9 Å². The quantitative estimate of drug-likeness (QED) is 0.632. The highest BCUT2D eigenvalue weighted by molar-refractivity contribution is 9.10. The third-order valence-corrected chi connectivity index (χ3v) is 4.32. The topological polar surface area (TPSA) is 73.0 Å². The molecule has 1 saturated heterocycles. The first kappa shape index (κ1) is 17.4. The van der Waals surface area contributed by atoms with Crippen LogP contribution >= 0.6 is 28.3 Å². The summed E-state index contributed by atoms with van der Waals surface area (Å²) in [4.78, 5) is 7.71. The number of hydrogen-bond donors (Lipinski definition) is 4. The Bertz CT molecular complexity index is 589. The van der Waals surface area contributed by atoms with Crippen molar-refractivity contribution in [1.29, 1.82) is 0 Å². The van der Waals surface area contributed by atoms with E-state index in [0.29, 0.717) is 13.1 Å². The fourth-order valence-electron chi connectivity index (χ4n) is 2.53. The van der Waals surface area contributed by atoms with Gasteiger partial charge in [0.25, 0.3) is 0 Å². The van der Waals surface area contributed by atoms with E-state index in [1.807, 2.05) is 18.3 Å². The van der Waals surface area contributed by atoms with E-state index in [4.69, 9.17) is 0 Å². The third kappa shape index (κ3) is 4.30. The van der Waals surface area contributed by atoms with Crippen molar-refractivity contribution in [2.45, 2.75) is 12.6 Å². The zero-order chi connectivity index (χ0) is 14.7. The van der Waals surface area contributed by atoms with Crippen LogP contribution in [0, 0.1) is 5.92 Å². The van der Waals surface area contributed by atoms with Gasteiger partial charge >= 0.3 is 0 Å². The maximum absolute atomic E-state index is 9.73. The van der Waals surface area contributed by atoms with Crippen LogP contribution in [0.1, 0.15) is 5.82 Å². The maximum Gasteiger partial charge on any atom is 0.120 e. The summed E-state index contributed by atoms with van der Waals surface area (Å²) in [5.41, 5.74) is 2.13. The monoisotopic (exact) mass is 386 g/mol. The summed E-state index contributed by atoms with van der Waals surface area (Å²) in [6.07, 6.45) is 1.61. The molecule has 1 aromatic carbocycles. The number of aliphatic hydroxyl groups excluding tert-OH is 1. The van der Waals surface area contributed by atoms with Crippen LogP contribution in [-0.4, -0.2) is 40.8 Å². The summed E-state index contributed by atoms with van der Waals surface area (Å²) in [6, 6.07) is 8.13. The first-order chi connectivity index (χ1) is 10.2. The lowest BCUT2D eigenvalue weighted by Gasteiger charge is -2.13. The molecule has 5 nitrogen and oxygen atoms in total. The minimum absolute atomic E-state index is 0.